The Hall–Kier alpha value is -1.71. The van der Waals surface area contributed by atoms with Gasteiger partial charge in [-0.05, 0) is 31.0 Å². The molecule has 0 spiro atoms. The standard InChI is InChI=1S/C15H23NO3/c1-6-10(2)15(17)16-11(3)12-7-8-13(18-4)14(9-12)19-5/h7-11H,6H2,1-5H3,(H,16,17). The van der Waals surface area contributed by atoms with E-state index < -0.39 is 0 Å². The Bertz CT molecular complexity index is 431. The van der Waals surface area contributed by atoms with E-state index in [0.717, 1.165) is 12.0 Å². The van der Waals surface area contributed by atoms with Gasteiger partial charge in [0.25, 0.3) is 0 Å². The van der Waals surface area contributed by atoms with Gasteiger partial charge in [0.15, 0.2) is 11.5 Å². The summed E-state index contributed by atoms with van der Waals surface area (Å²) in [5.74, 6) is 1.46. The molecule has 1 amide bonds. The molecule has 0 bridgehead atoms. The lowest BCUT2D eigenvalue weighted by Crippen LogP contribution is -2.31. The van der Waals surface area contributed by atoms with Crippen LogP contribution in [0.25, 0.3) is 0 Å². The number of amides is 1. The van der Waals surface area contributed by atoms with Gasteiger partial charge in [-0.1, -0.05) is 19.9 Å². The summed E-state index contributed by atoms with van der Waals surface area (Å²) in [6.45, 7) is 5.89. The Morgan fingerprint density at radius 3 is 2.37 bits per heavy atom. The van der Waals surface area contributed by atoms with E-state index in [2.05, 4.69) is 5.32 Å². The molecule has 19 heavy (non-hydrogen) atoms. The predicted octanol–water partition coefficient (Wildman–Crippen LogP) is 2.93. The molecular formula is C15H23NO3. The van der Waals surface area contributed by atoms with Crippen LogP contribution in [0.1, 0.15) is 38.8 Å². The van der Waals surface area contributed by atoms with Crippen LogP contribution >= 0.6 is 0 Å². The maximum absolute atomic E-state index is 11.9. The molecule has 0 heterocycles. The average Bonchev–Trinajstić information content (AvgIpc) is 2.45. The molecule has 106 valence electrons. The van der Waals surface area contributed by atoms with Crippen LogP contribution in [0.15, 0.2) is 18.2 Å². The van der Waals surface area contributed by atoms with E-state index >= 15 is 0 Å². The Kier molecular flexibility index (Phi) is 5.67. The Labute approximate surface area is 115 Å². The molecule has 0 radical (unpaired) electrons. The average molecular weight is 265 g/mol. The Morgan fingerprint density at radius 1 is 1.21 bits per heavy atom. The van der Waals surface area contributed by atoms with Gasteiger partial charge in [-0.25, -0.2) is 0 Å². The highest BCUT2D eigenvalue weighted by atomic mass is 16.5. The topological polar surface area (TPSA) is 47.6 Å². The molecule has 0 saturated heterocycles. The first-order valence-corrected chi connectivity index (χ1v) is 6.55. The van der Waals surface area contributed by atoms with E-state index in [1.165, 1.54) is 0 Å². The number of carbonyl (C=O) groups excluding carboxylic acids is 1. The van der Waals surface area contributed by atoms with Gasteiger partial charge in [0.2, 0.25) is 5.91 Å². The maximum atomic E-state index is 11.9. The van der Waals surface area contributed by atoms with Crippen molar-refractivity contribution in [1.29, 1.82) is 0 Å². The molecule has 0 aliphatic rings. The summed E-state index contributed by atoms with van der Waals surface area (Å²) in [6, 6.07) is 5.62. The third kappa shape index (κ3) is 3.88. The zero-order valence-corrected chi connectivity index (χ0v) is 12.3. The molecule has 0 aliphatic heterocycles. The maximum Gasteiger partial charge on any atom is 0.223 e. The molecule has 1 rings (SSSR count). The first kappa shape index (κ1) is 15.3. The summed E-state index contributed by atoms with van der Waals surface area (Å²) in [5.41, 5.74) is 0.995. The zero-order valence-electron chi connectivity index (χ0n) is 12.3. The number of nitrogens with one attached hydrogen (secondary N) is 1. The van der Waals surface area contributed by atoms with Crippen LogP contribution in [0, 0.1) is 5.92 Å². The minimum Gasteiger partial charge on any atom is -0.493 e. The van der Waals surface area contributed by atoms with Crippen molar-refractivity contribution in [2.24, 2.45) is 5.92 Å². The van der Waals surface area contributed by atoms with Crippen molar-refractivity contribution in [3.63, 3.8) is 0 Å². The number of benzene rings is 1. The third-order valence-electron chi connectivity index (χ3n) is 3.33. The van der Waals surface area contributed by atoms with E-state index in [9.17, 15) is 4.79 Å². The molecule has 1 aromatic carbocycles. The van der Waals surface area contributed by atoms with E-state index in [1.54, 1.807) is 14.2 Å². The number of carbonyl (C=O) groups is 1. The fraction of sp³-hybridized carbons (Fsp3) is 0.533. The first-order chi connectivity index (χ1) is 9.03. The van der Waals surface area contributed by atoms with E-state index in [4.69, 9.17) is 9.47 Å². The number of hydrogen-bond acceptors (Lipinski definition) is 3. The lowest BCUT2D eigenvalue weighted by molar-refractivity contribution is -0.125. The number of ether oxygens (including phenoxy) is 2. The summed E-state index contributed by atoms with van der Waals surface area (Å²) in [5, 5.41) is 3.00. The summed E-state index contributed by atoms with van der Waals surface area (Å²) < 4.78 is 10.5. The largest absolute Gasteiger partial charge is 0.493 e. The minimum atomic E-state index is -0.0543. The van der Waals surface area contributed by atoms with Crippen LogP contribution in [-0.4, -0.2) is 20.1 Å². The van der Waals surface area contributed by atoms with Crippen molar-refractivity contribution >= 4 is 5.91 Å². The summed E-state index contributed by atoms with van der Waals surface area (Å²) in [7, 11) is 3.20. The van der Waals surface area contributed by atoms with Crippen LogP contribution < -0.4 is 14.8 Å². The third-order valence-corrected chi connectivity index (χ3v) is 3.33. The molecule has 0 saturated carbocycles. The van der Waals surface area contributed by atoms with Crippen LogP contribution in [-0.2, 0) is 4.79 Å². The highest BCUT2D eigenvalue weighted by molar-refractivity contribution is 5.78. The fourth-order valence-electron chi connectivity index (χ4n) is 1.75. The summed E-state index contributed by atoms with van der Waals surface area (Å²) in [6.07, 6.45) is 0.838. The molecule has 1 aromatic rings. The predicted molar refractivity (Wildman–Crippen MR) is 75.6 cm³/mol. The van der Waals surface area contributed by atoms with E-state index in [1.807, 2.05) is 39.0 Å². The molecule has 0 fully saturated rings. The Morgan fingerprint density at radius 2 is 1.84 bits per heavy atom. The van der Waals surface area contributed by atoms with Gasteiger partial charge in [-0.3, -0.25) is 4.79 Å². The highest BCUT2D eigenvalue weighted by Gasteiger charge is 2.15. The minimum absolute atomic E-state index is 0.0302. The van der Waals surface area contributed by atoms with Gasteiger partial charge in [0.05, 0.1) is 20.3 Å². The van der Waals surface area contributed by atoms with Crippen molar-refractivity contribution in [3.05, 3.63) is 23.8 Å². The monoisotopic (exact) mass is 265 g/mol. The normalized spacial score (nSPS) is 13.5. The van der Waals surface area contributed by atoms with Gasteiger partial charge in [0.1, 0.15) is 0 Å². The van der Waals surface area contributed by atoms with Crippen molar-refractivity contribution in [3.8, 4) is 11.5 Å². The van der Waals surface area contributed by atoms with E-state index in [-0.39, 0.29) is 17.9 Å². The van der Waals surface area contributed by atoms with E-state index in [0.29, 0.717) is 11.5 Å². The zero-order chi connectivity index (χ0) is 14.4. The number of rotatable bonds is 6. The van der Waals surface area contributed by atoms with Crippen LogP contribution in [0.3, 0.4) is 0 Å². The van der Waals surface area contributed by atoms with Crippen molar-refractivity contribution in [2.45, 2.75) is 33.2 Å². The highest BCUT2D eigenvalue weighted by Crippen LogP contribution is 2.29. The SMILES string of the molecule is CCC(C)C(=O)NC(C)c1ccc(OC)c(OC)c1. The van der Waals surface area contributed by atoms with Crippen molar-refractivity contribution < 1.29 is 14.3 Å². The second-order valence-electron chi connectivity index (χ2n) is 4.65. The van der Waals surface area contributed by atoms with Gasteiger partial charge in [0, 0.05) is 5.92 Å². The van der Waals surface area contributed by atoms with Gasteiger partial charge < -0.3 is 14.8 Å². The molecule has 2 atom stereocenters. The molecule has 0 aromatic heterocycles. The molecule has 2 unspecified atom stereocenters. The van der Waals surface area contributed by atoms with Crippen LogP contribution in [0.4, 0.5) is 0 Å². The fourth-order valence-corrected chi connectivity index (χ4v) is 1.75. The summed E-state index contributed by atoms with van der Waals surface area (Å²) >= 11 is 0. The summed E-state index contributed by atoms with van der Waals surface area (Å²) in [4.78, 5) is 11.9. The molecular weight excluding hydrogens is 242 g/mol. The van der Waals surface area contributed by atoms with Crippen molar-refractivity contribution in [1.82, 2.24) is 5.32 Å². The lowest BCUT2D eigenvalue weighted by atomic mass is 10.0. The molecule has 4 heteroatoms. The van der Waals surface area contributed by atoms with Gasteiger partial charge >= 0.3 is 0 Å². The van der Waals surface area contributed by atoms with Crippen LogP contribution in [0.2, 0.25) is 0 Å². The molecule has 0 aliphatic carbocycles. The van der Waals surface area contributed by atoms with Crippen molar-refractivity contribution in [2.75, 3.05) is 14.2 Å². The Balaban J connectivity index is 2.82. The second-order valence-corrected chi connectivity index (χ2v) is 4.65. The first-order valence-electron chi connectivity index (χ1n) is 6.55. The van der Waals surface area contributed by atoms with Gasteiger partial charge in [-0.2, -0.15) is 0 Å². The van der Waals surface area contributed by atoms with Crippen LogP contribution in [0.5, 0.6) is 11.5 Å². The molecule has 4 nitrogen and oxygen atoms in total. The second kappa shape index (κ2) is 7.02. The lowest BCUT2D eigenvalue weighted by Gasteiger charge is -2.18. The quantitative estimate of drug-likeness (QED) is 0.860. The molecule has 1 N–H and O–H groups in total. The number of methoxy groups -OCH3 is 2. The van der Waals surface area contributed by atoms with Gasteiger partial charge in [-0.15, -0.1) is 0 Å². The number of hydrogen-bond donors (Lipinski definition) is 1. The smallest absolute Gasteiger partial charge is 0.223 e.